The second kappa shape index (κ2) is 19.4. The Hall–Kier alpha value is -2.63. The fourth-order valence-electron chi connectivity index (χ4n) is 3.45. The number of benzene rings is 3. The molecule has 0 aliphatic carbocycles. The smallest absolute Gasteiger partial charge is 0.296 e. The molecule has 0 amide bonds. The van der Waals surface area contributed by atoms with E-state index in [1.165, 1.54) is 12.1 Å². The van der Waals surface area contributed by atoms with E-state index in [1.807, 2.05) is 67.6 Å². The predicted octanol–water partition coefficient (Wildman–Crippen LogP) is 4.11. The molecule has 1 atom stereocenters. The average Bonchev–Trinajstić information content (AvgIpc) is 2.98. The topological polar surface area (TPSA) is 123 Å². The van der Waals surface area contributed by atoms with Crippen LogP contribution in [0, 0.1) is 18.8 Å². The third kappa shape index (κ3) is 13.6. The lowest BCUT2D eigenvalue weighted by Crippen LogP contribution is -2.19. The molecule has 0 spiro atoms. The lowest BCUT2D eigenvalue weighted by molar-refractivity contribution is 0.0761. The van der Waals surface area contributed by atoms with Crippen molar-refractivity contribution in [2.75, 3.05) is 39.6 Å². The van der Waals surface area contributed by atoms with Crippen LogP contribution in [0.4, 0.5) is 0 Å². The van der Waals surface area contributed by atoms with Gasteiger partial charge in [0.1, 0.15) is 0 Å². The van der Waals surface area contributed by atoms with Crippen LogP contribution in [0.15, 0.2) is 89.8 Å². The second-order valence-corrected chi connectivity index (χ2v) is 11.1. The molecular formula is C31H42O8S. The Balaban J connectivity index is 0.000000319. The Bertz CT molecular complexity index is 1130. The van der Waals surface area contributed by atoms with Gasteiger partial charge in [0.25, 0.3) is 10.1 Å². The van der Waals surface area contributed by atoms with Crippen molar-refractivity contribution in [3.63, 3.8) is 0 Å². The van der Waals surface area contributed by atoms with E-state index >= 15 is 0 Å². The minimum absolute atomic E-state index is 0.0190. The number of hydrogen-bond donors (Lipinski definition) is 3. The van der Waals surface area contributed by atoms with E-state index in [-0.39, 0.29) is 43.2 Å². The lowest BCUT2D eigenvalue weighted by Gasteiger charge is -2.14. The summed E-state index contributed by atoms with van der Waals surface area (Å²) in [5.41, 5.74) is 3.19. The molecule has 0 saturated heterocycles. The third-order valence-corrected chi connectivity index (χ3v) is 7.40. The summed E-state index contributed by atoms with van der Waals surface area (Å²) in [6.45, 7) is 3.77. The molecule has 1 unspecified atom stereocenters. The molecule has 3 aromatic rings. The van der Waals surface area contributed by atoms with Gasteiger partial charge in [-0.2, -0.15) is 8.42 Å². The molecule has 0 radical (unpaired) electrons. The van der Waals surface area contributed by atoms with E-state index in [0.717, 1.165) is 16.7 Å². The minimum atomic E-state index is -3.81. The van der Waals surface area contributed by atoms with Crippen LogP contribution in [0.3, 0.4) is 0 Å². The molecule has 3 rings (SSSR count). The monoisotopic (exact) mass is 574 g/mol. The largest absolute Gasteiger partial charge is 0.396 e. The summed E-state index contributed by atoms with van der Waals surface area (Å²) >= 11 is 0. The molecule has 8 nitrogen and oxygen atoms in total. The summed E-state index contributed by atoms with van der Waals surface area (Å²) in [6, 6.07) is 26.2. The maximum Gasteiger partial charge on any atom is 0.296 e. The van der Waals surface area contributed by atoms with E-state index < -0.39 is 10.1 Å². The molecule has 220 valence electrons. The number of hydrogen-bond acceptors (Lipinski definition) is 8. The molecule has 0 aliphatic rings. The Kier molecular flexibility index (Phi) is 16.3. The van der Waals surface area contributed by atoms with Crippen molar-refractivity contribution in [2.45, 2.75) is 37.9 Å². The van der Waals surface area contributed by atoms with Crippen molar-refractivity contribution in [3.05, 3.63) is 102 Å². The summed E-state index contributed by atoms with van der Waals surface area (Å²) in [6.07, 6.45) is 1.21. The summed E-state index contributed by atoms with van der Waals surface area (Å²) in [7, 11) is -3.81. The van der Waals surface area contributed by atoms with Gasteiger partial charge in [0.15, 0.2) is 0 Å². The van der Waals surface area contributed by atoms with Gasteiger partial charge in [-0.15, -0.1) is 0 Å². The molecule has 0 aliphatic heterocycles. The first-order valence-corrected chi connectivity index (χ1v) is 14.8. The molecule has 0 heterocycles. The van der Waals surface area contributed by atoms with E-state index in [1.54, 1.807) is 12.1 Å². The molecule has 3 aromatic carbocycles. The van der Waals surface area contributed by atoms with Crippen molar-refractivity contribution in [3.8, 4) is 0 Å². The van der Waals surface area contributed by atoms with Crippen molar-refractivity contribution < 1.29 is 37.4 Å². The number of ether oxygens (including phenoxy) is 2. The third-order valence-electron chi connectivity index (χ3n) is 6.11. The Morgan fingerprint density at radius 2 is 1.10 bits per heavy atom. The van der Waals surface area contributed by atoms with Crippen LogP contribution in [0.25, 0.3) is 0 Å². The van der Waals surface area contributed by atoms with Crippen LogP contribution in [-0.2, 0) is 37.0 Å². The zero-order valence-corrected chi connectivity index (χ0v) is 23.9. The summed E-state index contributed by atoms with van der Waals surface area (Å²) in [5, 5.41) is 27.1. The zero-order valence-electron chi connectivity index (χ0n) is 23.1. The molecule has 0 saturated carbocycles. The quantitative estimate of drug-likeness (QED) is 0.163. The molecular weight excluding hydrogens is 532 g/mol. The number of aryl methyl sites for hydroxylation is 1. The van der Waals surface area contributed by atoms with Crippen molar-refractivity contribution in [1.29, 1.82) is 0 Å². The molecule has 40 heavy (non-hydrogen) atoms. The molecule has 0 bridgehead atoms. The normalized spacial score (nSPS) is 12.1. The van der Waals surface area contributed by atoms with Gasteiger partial charge in [0.2, 0.25) is 0 Å². The van der Waals surface area contributed by atoms with Gasteiger partial charge >= 0.3 is 0 Å². The maximum atomic E-state index is 12.1. The molecule has 0 fully saturated rings. The highest BCUT2D eigenvalue weighted by atomic mass is 32.2. The summed E-state index contributed by atoms with van der Waals surface area (Å²) in [4.78, 5) is 0.120. The standard InChI is InChI=1S/C19H24O5S.C12H18O3/c1-16-7-9-19(10-8-16)25(21,22)24-15-18(13-20)11-12-23-14-17-5-3-2-4-6-17;13-8-12(9-14)6-7-15-10-11-4-2-1-3-5-11/h2-10,18,20H,11-15H2,1H3;1-5,12-14H,6-10H2. The molecule has 3 N–H and O–H groups in total. The number of aliphatic hydroxyl groups is 3. The van der Waals surface area contributed by atoms with Crippen LogP contribution in [0.1, 0.15) is 29.5 Å². The fraction of sp³-hybridized carbons (Fsp3) is 0.419. The van der Waals surface area contributed by atoms with Crippen molar-refractivity contribution >= 4 is 10.1 Å². The highest BCUT2D eigenvalue weighted by Gasteiger charge is 2.18. The highest BCUT2D eigenvalue weighted by Crippen LogP contribution is 2.15. The van der Waals surface area contributed by atoms with Gasteiger partial charge in [0, 0.05) is 44.9 Å². The van der Waals surface area contributed by atoms with E-state index in [9.17, 15) is 13.5 Å². The van der Waals surface area contributed by atoms with Gasteiger partial charge in [-0.1, -0.05) is 78.4 Å². The number of aliphatic hydroxyl groups excluding tert-OH is 3. The van der Waals surface area contributed by atoms with Gasteiger partial charge < -0.3 is 24.8 Å². The minimum Gasteiger partial charge on any atom is -0.396 e. The van der Waals surface area contributed by atoms with Crippen LogP contribution >= 0.6 is 0 Å². The Labute approximate surface area is 238 Å². The number of rotatable bonds is 17. The van der Waals surface area contributed by atoms with Crippen LogP contribution in [0.5, 0.6) is 0 Å². The second-order valence-electron chi connectivity index (χ2n) is 9.49. The van der Waals surface area contributed by atoms with E-state index in [0.29, 0.717) is 39.3 Å². The lowest BCUT2D eigenvalue weighted by atomic mass is 10.1. The molecule has 0 aromatic heterocycles. The fourth-order valence-corrected chi connectivity index (χ4v) is 4.43. The predicted molar refractivity (Wildman–Crippen MR) is 154 cm³/mol. The molecule has 9 heteroatoms. The first-order chi connectivity index (χ1) is 19.4. The van der Waals surface area contributed by atoms with Crippen LogP contribution in [-0.4, -0.2) is 63.4 Å². The average molecular weight is 575 g/mol. The van der Waals surface area contributed by atoms with Crippen LogP contribution < -0.4 is 0 Å². The zero-order chi connectivity index (χ0) is 29.1. The maximum absolute atomic E-state index is 12.1. The first kappa shape index (κ1) is 33.6. The Morgan fingerprint density at radius 1 is 0.650 bits per heavy atom. The van der Waals surface area contributed by atoms with Gasteiger partial charge in [0.05, 0.1) is 24.7 Å². The Morgan fingerprint density at radius 3 is 1.55 bits per heavy atom. The van der Waals surface area contributed by atoms with E-state index in [2.05, 4.69) is 0 Å². The van der Waals surface area contributed by atoms with Gasteiger partial charge in [-0.25, -0.2) is 0 Å². The van der Waals surface area contributed by atoms with Gasteiger partial charge in [-0.05, 0) is 43.0 Å². The van der Waals surface area contributed by atoms with E-state index in [4.69, 9.17) is 23.9 Å². The van der Waals surface area contributed by atoms with Crippen molar-refractivity contribution in [2.24, 2.45) is 11.8 Å². The van der Waals surface area contributed by atoms with Crippen molar-refractivity contribution in [1.82, 2.24) is 0 Å². The first-order valence-electron chi connectivity index (χ1n) is 13.4. The van der Waals surface area contributed by atoms with Crippen LogP contribution in [0.2, 0.25) is 0 Å². The van der Waals surface area contributed by atoms with Gasteiger partial charge in [-0.3, -0.25) is 4.18 Å². The summed E-state index contributed by atoms with van der Waals surface area (Å²) < 4.78 is 40.4. The summed E-state index contributed by atoms with van der Waals surface area (Å²) in [5.74, 6) is -0.350. The highest BCUT2D eigenvalue weighted by molar-refractivity contribution is 7.86. The SMILES string of the molecule is Cc1ccc(S(=O)(=O)OCC(CO)CCOCc2ccccc2)cc1.OCC(CO)CCOCc1ccccc1.